The number of aliphatic hydroxyl groups is 1. The number of benzene rings is 3. The van der Waals surface area contributed by atoms with Gasteiger partial charge in [-0.25, -0.2) is 9.48 Å². The van der Waals surface area contributed by atoms with Crippen LogP contribution in [0.25, 0.3) is 0 Å². The lowest BCUT2D eigenvalue weighted by Gasteiger charge is -2.43. The molecule has 0 fully saturated rings. The summed E-state index contributed by atoms with van der Waals surface area (Å²) in [5.74, 6) is -1.65. The number of amides is 1. The minimum atomic E-state index is -2.51. The van der Waals surface area contributed by atoms with Gasteiger partial charge >= 0.3 is 5.97 Å². The van der Waals surface area contributed by atoms with Gasteiger partial charge in [-0.15, -0.1) is 0 Å². The molecule has 4 N–H and O–H groups in total. The molecule has 39 heavy (non-hydrogen) atoms. The van der Waals surface area contributed by atoms with Gasteiger partial charge in [0.2, 0.25) is 0 Å². The van der Waals surface area contributed by atoms with Gasteiger partial charge < -0.3 is 30.3 Å². The SMILES string of the molecule is CCOc1ccc(NC(=O)c2cnn3c2NC(c2ccc(OC)cc2)C(c2ccccc2)C3(O)C(=O)O)cc1. The van der Waals surface area contributed by atoms with Crippen LogP contribution >= 0.6 is 0 Å². The van der Waals surface area contributed by atoms with Crippen LogP contribution in [0, 0.1) is 0 Å². The molecule has 10 nitrogen and oxygen atoms in total. The van der Waals surface area contributed by atoms with E-state index in [-0.39, 0.29) is 11.4 Å². The quantitative estimate of drug-likeness (QED) is 0.267. The van der Waals surface area contributed by atoms with Gasteiger partial charge in [0.1, 0.15) is 22.9 Å². The number of aromatic nitrogens is 2. The number of fused-ring (bicyclic) bond motifs is 1. The molecule has 0 radical (unpaired) electrons. The second-order valence-electron chi connectivity index (χ2n) is 9.04. The first-order valence-corrected chi connectivity index (χ1v) is 12.4. The lowest BCUT2D eigenvalue weighted by Crippen LogP contribution is -2.54. The molecular weight excluding hydrogens is 500 g/mol. The van der Waals surface area contributed by atoms with E-state index >= 15 is 0 Å². The fourth-order valence-electron chi connectivity index (χ4n) is 4.90. The molecule has 0 aliphatic carbocycles. The molecule has 3 atom stereocenters. The van der Waals surface area contributed by atoms with Gasteiger partial charge in [-0.3, -0.25) is 4.79 Å². The van der Waals surface area contributed by atoms with E-state index in [0.29, 0.717) is 34.9 Å². The molecule has 3 unspecified atom stereocenters. The van der Waals surface area contributed by atoms with E-state index in [0.717, 1.165) is 4.68 Å². The van der Waals surface area contributed by atoms with Gasteiger partial charge in [0, 0.05) is 5.69 Å². The van der Waals surface area contributed by atoms with E-state index in [2.05, 4.69) is 15.7 Å². The highest BCUT2D eigenvalue weighted by molar-refractivity contribution is 6.07. The number of nitrogens with zero attached hydrogens (tertiary/aromatic N) is 2. The first-order chi connectivity index (χ1) is 18.9. The zero-order valence-electron chi connectivity index (χ0n) is 21.4. The maximum absolute atomic E-state index is 13.3. The molecule has 1 aromatic heterocycles. The average Bonchev–Trinajstić information content (AvgIpc) is 3.39. The van der Waals surface area contributed by atoms with Crippen molar-refractivity contribution in [3.63, 3.8) is 0 Å². The number of anilines is 2. The second kappa shape index (κ2) is 10.5. The molecule has 0 spiro atoms. The summed E-state index contributed by atoms with van der Waals surface area (Å²) >= 11 is 0. The molecule has 0 saturated heterocycles. The van der Waals surface area contributed by atoms with Gasteiger partial charge in [0.25, 0.3) is 11.6 Å². The molecule has 1 aliphatic rings. The van der Waals surface area contributed by atoms with Crippen molar-refractivity contribution >= 4 is 23.4 Å². The van der Waals surface area contributed by atoms with Gasteiger partial charge in [0.05, 0.1) is 31.9 Å². The number of carboxylic acids is 1. The highest BCUT2D eigenvalue weighted by atomic mass is 16.5. The topological polar surface area (TPSA) is 135 Å². The van der Waals surface area contributed by atoms with Crippen LogP contribution in [0.2, 0.25) is 0 Å². The number of carboxylic acid groups (broad SMARTS) is 1. The number of carbonyl (C=O) groups is 2. The standard InChI is InChI=1S/C29H28N4O6/c1-3-39-22-15-11-20(12-16-22)31-27(34)23-17-30-33-26(23)32-25(19-9-13-21(38-2)14-10-19)24(29(33,37)28(35)36)18-7-5-4-6-8-18/h4-17,24-25,32,37H,3H2,1-2H3,(H,31,34)(H,35,36). The van der Waals surface area contributed by atoms with Crippen molar-refractivity contribution in [2.75, 3.05) is 24.4 Å². The predicted molar refractivity (Wildman–Crippen MR) is 144 cm³/mol. The molecule has 200 valence electrons. The predicted octanol–water partition coefficient (Wildman–Crippen LogP) is 4.22. The Morgan fingerprint density at radius 2 is 1.67 bits per heavy atom. The van der Waals surface area contributed by atoms with E-state index in [9.17, 15) is 19.8 Å². The summed E-state index contributed by atoms with van der Waals surface area (Å²) in [7, 11) is 1.55. The fourth-order valence-corrected chi connectivity index (χ4v) is 4.90. The number of aliphatic carboxylic acids is 1. The van der Waals surface area contributed by atoms with Crippen molar-refractivity contribution in [1.29, 1.82) is 0 Å². The molecule has 2 heterocycles. The maximum atomic E-state index is 13.3. The average molecular weight is 529 g/mol. The fraction of sp³-hybridized carbons (Fsp3) is 0.207. The van der Waals surface area contributed by atoms with Gasteiger partial charge in [-0.2, -0.15) is 5.10 Å². The Morgan fingerprint density at radius 3 is 2.28 bits per heavy atom. The van der Waals surface area contributed by atoms with E-state index in [1.165, 1.54) is 6.20 Å². The molecule has 1 amide bonds. The third kappa shape index (κ3) is 4.66. The highest BCUT2D eigenvalue weighted by Crippen LogP contribution is 2.49. The molecule has 3 aromatic carbocycles. The van der Waals surface area contributed by atoms with E-state index < -0.39 is 29.6 Å². The number of hydrogen-bond donors (Lipinski definition) is 4. The Kier molecular flexibility index (Phi) is 6.95. The number of hydrogen-bond acceptors (Lipinski definition) is 7. The van der Waals surface area contributed by atoms with Crippen LogP contribution in [-0.4, -0.2) is 45.6 Å². The summed E-state index contributed by atoms with van der Waals surface area (Å²) in [4.78, 5) is 26.1. The van der Waals surface area contributed by atoms with E-state index in [1.54, 1.807) is 79.9 Å². The smallest absolute Gasteiger partial charge is 0.360 e. The van der Waals surface area contributed by atoms with Crippen LogP contribution in [0.1, 0.15) is 40.4 Å². The molecule has 5 rings (SSSR count). The monoisotopic (exact) mass is 528 g/mol. The molecule has 0 saturated carbocycles. The number of rotatable bonds is 8. The Hall–Kier alpha value is -4.83. The van der Waals surface area contributed by atoms with Crippen LogP contribution < -0.4 is 20.1 Å². The normalized spacial score (nSPS) is 19.9. The van der Waals surface area contributed by atoms with E-state index in [1.807, 2.05) is 13.0 Å². The number of methoxy groups -OCH3 is 1. The summed E-state index contributed by atoms with van der Waals surface area (Å²) in [6, 6.07) is 22.1. The lowest BCUT2D eigenvalue weighted by molar-refractivity contribution is -0.179. The summed E-state index contributed by atoms with van der Waals surface area (Å²) < 4.78 is 11.7. The summed E-state index contributed by atoms with van der Waals surface area (Å²) in [6.07, 6.45) is 1.25. The molecule has 0 bridgehead atoms. The summed E-state index contributed by atoms with van der Waals surface area (Å²) in [5.41, 5.74) is -0.647. The number of ether oxygens (including phenoxy) is 2. The van der Waals surface area contributed by atoms with Crippen LogP contribution in [-0.2, 0) is 10.5 Å². The molecule has 4 aromatic rings. The molecule has 1 aliphatic heterocycles. The van der Waals surface area contributed by atoms with Crippen LogP contribution in [0.4, 0.5) is 11.5 Å². The molecule has 10 heteroatoms. The summed E-state index contributed by atoms with van der Waals surface area (Å²) in [5, 5.41) is 32.6. The van der Waals surface area contributed by atoms with Gasteiger partial charge in [-0.05, 0) is 54.4 Å². The summed E-state index contributed by atoms with van der Waals surface area (Å²) in [6.45, 7) is 2.40. The largest absolute Gasteiger partial charge is 0.497 e. The van der Waals surface area contributed by atoms with Crippen LogP contribution in [0.3, 0.4) is 0 Å². The van der Waals surface area contributed by atoms with Crippen LogP contribution in [0.15, 0.2) is 85.1 Å². The zero-order chi connectivity index (χ0) is 27.6. The highest BCUT2D eigenvalue weighted by Gasteiger charge is 2.56. The second-order valence-corrected chi connectivity index (χ2v) is 9.04. The van der Waals surface area contributed by atoms with E-state index in [4.69, 9.17) is 9.47 Å². The third-order valence-electron chi connectivity index (χ3n) is 6.77. The number of carbonyl (C=O) groups excluding carboxylic acids is 1. The van der Waals surface area contributed by atoms with Gasteiger partial charge in [-0.1, -0.05) is 42.5 Å². The van der Waals surface area contributed by atoms with Gasteiger partial charge in [0.15, 0.2) is 0 Å². The first kappa shape index (κ1) is 25.8. The van der Waals surface area contributed by atoms with Crippen molar-refractivity contribution in [2.45, 2.75) is 24.6 Å². The third-order valence-corrected chi connectivity index (χ3v) is 6.77. The van der Waals surface area contributed by atoms with Crippen molar-refractivity contribution in [1.82, 2.24) is 9.78 Å². The maximum Gasteiger partial charge on any atom is 0.360 e. The van der Waals surface area contributed by atoms with Crippen molar-refractivity contribution in [3.05, 3.63) is 102 Å². The Bertz CT molecular complexity index is 1470. The Labute approximate surface area is 224 Å². The van der Waals surface area contributed by atoms with Crippen molar-refractivity contribution in [3.8, 4) is 11.5 Å². The Balaban J connectivity index is 1.59. The minimum Gasteiger partial charge on any atom is -0.497 e. The van der Waals surface area contributed by atoms with Crippen LogP contribution in [0.5, 0.6) is 11.5 Å². The van der Waals surface area contributed by atoms with Crippen molar-refractivity contribution in [2.24, 2.45) is 0 Å². The zero-order valence-corrected chi connectivity index (χ0v) is 21.4. The Morgan fingerprint density at radius 1 is 1.00 bits per heavy atom. The number of nitrogens with one attached hydrogen (secondary N) is 2. The minimum absolute atomic E-state index is 0.0774. The van der Waals surface area contributed by atoms with Crippen molar-refractivity contribution < 1.29 is 29.3 Å². The lowest BCUT2D eigenvalue weighted by atomic mass is 9.77. The first-order valence-electron chi connectivity index (χ1n) is 12.4. The molecular formula is C29H28N4O6.